The van der Waals surface area contributed by atoms with Crippen LogP contribution in [0.3, 0.4) is 0 Å². The van der Waals surface area contributed by atoms with Crippen LogP contribution < -0.4 is 10.2 Å². The first-order valence-corrected chi connectivity index (χ1v) is 9.90. The number of anilines is 1. The van der Waals surface area contributed by atoms with Gasteiger partial charge < -0.3 is 15.3 Å². The first kappa shape index (κ1) is 18.1. The molecule has 29 heavy (non-hydrogen) atoms. The van der Waals surface area contributed by atoms with Crippen LogP contribution in [0.2, 0.25) is 0 Å². The molecule has 0 aliphatic carbocycles. The largest absolute Gasteiger partial charge is 0.507 e. The Morgan fingerprint density at radius 3 is 2.76 bits per heavy atom. The molecule has 7 nitrogen and oxygen atoms in total. The molecule has 2 saturated heterocycles. The maximum Gasteiger partial charge on any atom is 0.151 e. The Balaban J connectivity index is 1.36. The van der Waals surface area contributed by atoms with Crippen molar-refractivity contribution in [3.05, 3.63) is 42.6 Å². The summed E-state index contributed by atoms with van der Waals surface area (Å²) in [6.45, 7) is 0. The van der Waals surface area contributed by atoms with Crippen LogP contribution >= 0.6 is 0 Å². The molecule has 0 saturated carbocycles. The highest BCUT2D eigenvalue weighted by molar-refractivity contribution is 5.73. The van der Waals surface area contributed by atoms with Gasteiger partial charge in [-0.1, -0.05) is 6.07 Å². The van der Waals surface area contributed by atoms with E-state index in [-0.39, 0.29) is 17.8 Å². The molecule has 3 N–H and O–H groups in total. The average Bonchev–Trinajstić information content (AvgIpc) is 3.41. The molecular weight excluding hydrogens is 371 g/mol. The van der Waals surface area contributed by atoms with Gasteiger partial charge in [0.05, 0.1) is 17.4 Å². The van der Waals surface area contributed by atoms with Crippen LogP contribution in [0.4, 0.5) is 10.2 Å². The van der Waals surface area contributed by atoms with Crippen molar-refractivity contribution in [1.82, 2.24) is 25.7 Å². The number of halogens is 1. The third-order valence-electron chi connectivity index (χ3n) is 6.15. The predicted octanol–water partition coefficient (Wildman–Crippen LogP) is 2.91. The lowest BCUT2D eigenvalue weighted by Crippen LogP contribution is -2.55. The smallest absolute Gasteiger partial charge is 0.151 e. The Bertz CT molecular complexity index is 993. The van der Waals surface area contributed by atoms with E-state index >= 15 is 0 Å². The van der Waals surface area contributed by atoms with E-state index in [0.717, 1.165) is 30.5 Å². The fourth-order valence-electron chi connectivity index (χ4n) is 4.51. The van der Waals surface area contributed by atoms with Gasteiger partial charge in [0.1, 0.15) is 11.9 Å². The molecule has 3 aromatic rings. The molecule has 8 heteroatoms. The van der Waals surface area contributed by atoms with Gasteiger partial charge >= 0.3 is 0 Å². The summed E-state index contributed by atoms with van der Waals surface area (Å²) in [5, 5.41) is 29.2. The molecule has 4 atom stereocenters. The summed E-state index contributed by atoms with van der Waals surface area (Å²) >= 11 is 0. The molecule has 2 fully saturated rings. The molecule has 0 radical (unpaired) electrons. The molecule has 2 unspecified atom stereocenters. The molecule has 2 aliphatic heterocycles. The molecule has 2 aromatic heterocycles. The lowest BCUT2D eigenvalue weighted by molar-refractivity contribution is 0.176. The van der Waals surface area contributed by atoms with Crippen LogP contribution in [0, 0.1) is 0 Å². The van der Waals surface area contributed by atoms with Crippen molar-refractivity contribution in [1.29, 1.82) is 0 Å². The number of alkyl halides is 1. The summed E-state index contributed by atoms with van der Waals surface area (Å²) in [7, 11) is 1.88. The number of piperidine rings is 1. The molecule has 1 aromatic carbocycles. The van der Waals surface area contributed by atoms with E-state index in [1.807, 2.05) is 36.2 Å². The SMILES string of the molecule is CN(c1ccc(-c2ccc(-c3ccn[nH]3)cc2O)nn1)[C@@H]1CC2CCC(N2)[C@@H]1F. The summed E-state index contributed by atoms with van der Waals surface area (Å²) < 4.78 is 14.8. The molecule has 5 rings (SSSR count). The number of aromatic nitrogens is 4. The minimum Gasteiger partial charge on any atom is -0.507 e. The standard InChI is InChI=1S/C21H23FN6O/c1-28(18-11-13-3-5-17(24-13)21(18)22)20-7-6-16(26-27-20)14-4-2-12(10-19(14)29)15-8-9-23-25-15/h2,4,6-10,13,17-18,21,24,29H,3,5,11H2,1H3,(H,23,25)/t13?,17?,18-,21+/m1/s1. The second-order valence-corrected chi connectivity index (χ2v) is 7.88. The van der Waals surface area contributed by atoms with Gasteiger partial charge in [-0.05, 0) is 49.6 Å². The molecular formula is C21H23FN6O. The van der Waals surface area contributed by atoms with Crippen molar-refractivity contribution in [2.45, 2.75) is 43.6 Å². The zero-order chi connectivity index (χ0) is 20.0. The van der Waals surface area contributed by atoms with Gasteiger partial charge in [-0.3, -0.25) is 5.10 Å². The van der Waals surface area contributed by atoms with Crippen molar-refractivity contribution in [3.63, 3.8) is 0 Å². The Kier molecular flexibility index (Phi) is 4.43. The number of nitrogens with one attached hydrogen (secondary N) is 2. The van der Waals surface area contributed by atoms with E-state index in [0.29, 0.717) is 23.1 Å². The number of H-pyrrole nitrogens is 1. The van der Waals surface area contributed by atoms with E-state index in [4.69, 9.17) is 0 Å². The molecule has 4 heterocycles. The molecule has 0 spiro atoms. The monoisotopic (exact) mass is 394 g/mol. The Hall–Kier alpha value is -3.00. The minimum absolute atomic E-state index is 0.0567. The predicted molar refractivity (Wildman–Crippen MR) is 108 cm³/mol. The summed E-state index contributed by atoms with van der Waals surface area (Å²) in [5.74, 6) is 0.752. The summed E-state index contributed by atoms with van der Waals surface area (Å²) in [6, 6.07) is 11.0. The van der Waals surface area contributed by atoms with Crippen LogP contribution in [-0.4, -0.2) is 56.8 Å². The highest BCUT2D eigenvalue weighted by Crippen LogP contribution is 2.34. The van der Waals surface area contributed by atoms with Gasteiger partial charge in [0.15, 0.2) is 5.82 Å². The number of benzene rings is 1. The maximum atomic E-state index is 14.8. The first-order chi connectivity index (χ1) is 14.1. The maximum absolute atomic E-state index is 14.8. The number of hydrogen-bond acceptors (Lipinski definition) is 6. The van der Waals surface area contributed by atoms with Crippen molar-refractivity contribution >= 4 is 5.82 Å². The van der Waals surface area contributed by atoms with Gasteiger partial charge in [0.25, 0.3) is 0 Å². The molecule has 2 aliphatic rings. The Morgan fingerprint density at radius 2 is 2.03 bits per heavy atom. The van der Waals surface area contributed by atoms with Gasteiger partial charge in [-0.15, -0.1) is 10.2 Å². The van der Waals surface area contributed by atoms with Crippen LogP contribution in [0.15, 0.2) is 42.6 Å². The van der Waals surface area contributed by atoms with Crippen LogP contribution in [0.25, 0.3) is 22.5 Å². The zero-order valence-corrected chi connectivity index (χ0v) is 16.1. The fourth-order valence-corrected chi connectivity index (χ4v) is 4.51. The molecule has 150 valence electrons. The van der Waals surface area contributed by atoms with Crippen LogP contribution in [0.5, 0.6) is 5.75 Å². The number of fused-ring (bicyclic) bond motifs is 2. The van der Waals surface area contributed by atoms with Crippen molar-refractivity contribution < 1.29 is 9.50 Å². The Labute approximate surface area is 168 Å². The lowest BCUT2D eigenvalue weighted by Gasteiger charge is -2.38. The van der Waals surface area contributed by atoms with Crippen LogP contribution in [-0.2, 0) is 0 Å². The second kappa shape index (κ2) is 7.11. The van der Waals surface area contributed by atoms with E-state index in [1.165, 1.54) is 0 Å². The number of hydrogen-bond donors (Lipinski definition) is 3. The van der Waals surface area contributed by atoms with E-state index < -0.39 is 6.17 Å². The van der Waals surface area contributed by atoms with Gasteiger partial charge in [-0.2, -0.15) is 5.10 Å². The minimum atomic E-state index is -0.917. The number of aromatic amines is 1. The summed E-state index contributed by atoms with van der Waals surface area (Å²) in [6.07, 6.45) is 3.45. The van der Waals surface area contributed by atoms with Gasteiger partial charge in [-0.25, -0.2) is 4.39 Å². The number of nitrogens with zero attached hydrogens (tertiary/aromatic N) is 4. The van der Waals surface area contributed by atoms with Crippen molar-refractivity contribution in [2.75, 3.05) is 11.9 Å². The van der Waals surface area contributed by atoms with Crippen LogP contribution in [0.1, 0.15) is 19.3 Å². The molecule has 0 amide bonds. The van der Waals surface area contributed by atoms with E-state index in [2.05, 4.69) is 25.7 Å². The topological polar surface area (TPSA) is 90.0 Å². The summed E-state index contributed by atoms with van der Waals surface area (Å²) in [4.78, 5) is 1.90. The summed E-state index contributed by atoms with van der Waals surface area (Å²) in [5.41, 5.74) is 2.82. The highest BCUT2D eigenvalue weighted by atomic mass is 19.1. The van der Waals surface area contributed by atoms with Crippen molar-refractivity contribution in [3.8, 4) is 28.3 Å². The number of phenolic OH excluding ortho intramolecular Hbond substituents is 1. The average molecular weight is 394 g/mol. The highest BCUT2D eigenvalue weighted by Gasteiger charge is 2.43. The fraction of sp³-hybridized carbons (Fsp3) is 0.381. The Morgan fingerprint density at radius 1 is 1.14 bits per heavy atom. The normalized spacial score (nSPS) is 25.9. The zero-order valence-electron chi connectivity index (χ0n) is 16.1. The number of aromatic hydroxyl groups is 1. The second-order valence-electron chi connectivity index (χ2n) is 7.88. The number of phenols is 1. The van der Waals surface area contributed by atoms with Gasteiger partial charge in [0, 0.05) is 36.5 Å². The van der Waals surface area contributed by atoms with Gasteiger partial charge in [0.2, 0.25) is 0 Å². The third kappa shape index (κ3) is 3.23. The first-order valence-electron chi connectivity index (χ1n) is 9.90. The lowest BCUT2D eigenvalue weighted by atomic mass is 9.96. The third-order valence-corrected chi connectivity index (χ3v) is 6.15. The van der Waals surface area contributed by atoms with E-state index in [1.54, 1.807) is 18.3 Å². The quantitative estimate of drug-likeness (QED) is 0.630. The van der Waals surface area contributed by atoms with E-state index in [9.17, 15) is 9.50 Å². The number of rotatable bonds is 4. The molecule has 2 bridgehead atoms. The van der Waals surface area contributed by atoms with Crippen molar-refractivity contribution in [2.24, 2.45) is 0 Å².